The third-order valence-corrected chi connectivity index (χ3v) is 5.97. The van der Waals surface area contributed by atoms with E-state index in [1.54, 1.807) is 0 Å². The van der Waals surface area contributed by atoms with E-state index in [0.717, 1.165) is 63.6 Å². The fraction of sp³-hybridized carbons (Fsp3) is 0.700. The lowest BCUT2D eigenvalue weighted by Gasteiger charge is -2.30. The molecule has 0 spiro atoms. The number of ether oxygens (including phenoxy) is 1. The van der Waals surface area contributed by atoms with E-state index in [0.29, 0.717) is 12.5 Å². The Morgan fingerprint density at radius 1 is 1.12 bits per heavy atom. The number of aromatic nitrogens is 1. The van der Waals surface area contributed by atoms with Crippen LogP contribution in [-0.4, -0.2) is 73.1 Å². The second-order valence-electron chi connectivity index (χ2n) is 7.91. The summed E-state index contributed by atoms with van der Waals surface area (Å²) in [5.74, 6) is 2.36. The van der Waals surface area contributed by atoms with Crippen molar-refractivity contribution in [3.63, 3.8) is 0 Å². The fourth-order valence-electron chi connectivity index (χ4n) is 4.36. The number of rotatable bonds is 4. The van der Waals surface area contributed by atoms with E-state index >= 15 is 0 Å². The predicted octanol–water partition coefficient (Wildman–Crippen LogP) is 2.00. The number of pyridine rings is 1. The third-order valence-electron chi connectivity index (χ3n) is 5.97. The molecule has 26 heavy (non-hydrogen) atoms. The molecule has 1 aromatic heterocycles. The van der Waals surface area contributed by atoms with E-state index in [1.807, 2.05) is 23.2 Å². The van der Waals surface area contributed by atoms with Gasteiger partial charge in [0.1, 0.15) is 6.10 Å². The standard InChI is InChI=1S/C20H30N4O2/c1-22-12-6-16(7-13-22)20(25)24-14-8-17(15-24)26-18-5-4-9-21-19(18)23-10-2-3-11-23/h4-5,9,16-17H,2-3,6-8,10-15H2,1H3/t17-/m1/s1. The predicted molar refractivity (Wildman–Crippen MR) is 102 cm³/mol. The average Bonchev–Trinajstić information content (AvgIpc) is 3.34. The lowest BCUT2D eigenvalue weighted by Crippen LogP contribution is -2.41. The molecule has 1 aromatic rings. The highest BCUT2D eigenvalue weighted by atomic mass is 16.5. The zero-order valence-corrected chi connectivity index (χ0v) is 15.8. The molecule has 4 rings (SSSR count). The van der Waals surface area contributed by atoms with Crippen LogP contribution in [0.3, 0.4) is 0 Å². The van der Waals surface area contributed by atoms with E-state index < -0.39 is 0 Å². The van der Waals surface area contributed by atoms with Crippen molar-refractivity contribution in [2.24, 2.45) is 5.92 Å². The van der Waals surface area contributed by atoms with Crippen LogP contribution in [0.5, 0.6) is 5.75 Å². The lowest BCUT2D eigenvalue weighted by molar-refractivity contribution is -0.136. The Kier molecular flexibility index (Phi) is 5.29. The topological polar surface area (TPSA) is 48.9 Å². The van der Waals surface area contributed by atoms with Crippen LogP contribution in [-0.2, 0) is 4.79 Å². The number of carbonyl (C=O) groups is 1. The highest BCUT2D eigenvalue weighted by molar-refractivity contribution is 5.79. The number of hydrogen-bond acceptors (Lipinski definition) is 5. The average molecular weight is 358 g/mol. The first-order chi connectivity index (χ1) is 12.7. The number of nitrogens with zero attached hydrogens (tertiary/aromatic N) is 4. The molecule has 0 bridgehead atoms. The number of anilines is 1. The van der Waals surface area contributed by atoms with Gasteiger partial charge in [0.2, 0.25) is 5.91 Å². The van der Waals surface area contributed by atoms with E-state index in [1.165, 1.54) is 12.8 Å². The molecule has 0 aliphatic carbocycles. The van der Waals surface area contributed by atoms with Gasteiger partial charge in [-0.05, 0) is 58.0 Å². The first kappa shape index (κ1) is 17.6. The first-order valence-electron chi connectivity index (χ1n) is 10.0. The molecule has 0 N–H and O–H groups in total. The Morgan fingerprint density at radius 2 is 1.88 bits per heavy atom. The second-order valence-corrected chi connectivity index (χ2v) is 7.91. The van der Waals surface area contributed by atoms with Gasteiger partial charge in [-0.2, -0.15) is 0 Å². The summed E-state index contributed by atoms with van der Waals surface area (Å²) >= 11 is 0. The molecule has 6 heteroatoms. The summed E-state index contributed by atoms with van der Waals surface area (Å²) in [5.41, 5.74) is 0. The Morgan fingerprint density at radius 3 is 2.65 bits per heavy atom. The molecule has 3 saturated heterocycles. The highest BCUT2D eigenvalue weighted by Crippen LogP contribution is 2.31. The number of hydrogen-bond donors (Lipinski definition) is 0. The zero-order chi connectivity index (χ0) is 17.9. The van der Waals surface area contributed by atoms with Crippen LogP contribution in [0.15, 0.2) is 18.3 Å². The molecule has 1 amide bonds. The quantitative estimate of drug-likeness (QED) is 0.824. The van der Waals surface area contributed by atoms with E-state index in [4.69, 9.17) is 4.74 Å². The van der Waals surface area contributed by atoms with Gasteiger partial charge >= 0.3 is 0 Å². The minimum Gasteiger partial charge on any atom is -0.485 e. The minimum atomic E-state index is 0.0794. The smallest absolute Gasteiger partial charge is 0.225 e. The van der Waals surface area contributed by atoms with Crippen molar-refractivity contribution in [1.82, 2.24) is 14.8 Å². The third kappa shape index (κ3) is 3.80. The van der Waals surface area contributed by atoms with Gasteiger partial charge in [-0.15, -0.1) is 0 Å². The van der Waals surface area contributed by atoms with E-state index in [9.17, 15) is 4.79 Å². The molecule has 0 unspecified atom stereocenters. The van der Waals surface area contributed by atoms with Gasteiger partial charge in [0.25, 0.3) is 0 Å². The van der Waals surface area contributed by atoms with Crippen molar-refractivity contribution < 1.29 is 9.53 Å². The van der Waals surface area contributed by atoms with Crippen molar-refractivity contribution >= 4 is 11.7 Å². The number of amides is 1. The molecule has 0 aromatic carbocycles. The summed E-state index contributed by atoms with van der Waals surface area (Å²) in [6, 6.07) is 3.95. The van der Waals surface area contributed by atoms with Gasteiger partial charge < -0.3 is 19.4 Å². The number of carbonyl (C=O) groups excluding carboxylic acids is 1. The van der Waals surface area contributed by atoms with Crippen molar-refractivity contribution in [1.29, 1.82) is 0 Å². The van der Waals surface area contributed by atoms with Gasteiger partial charge in [0.15, 0.2) is 11.6 Å². The van der Waals surface area contributed by atoms with Gasteiger partial charge in [-0.3, -0.25) is 4.79 Å². The molecule has 1 atom stereocenters. The van der Waals surface area contributed by atoms with Crippen LogP contribution in [0.2, 0.25) is 0 Å². The van der Waals surface area contributed by atoms with Crippen LogP contribution in [0, 0.1) is 5.92 Å². The molecule has 3 aliphatic heterocycles. The largest absolute Gasteiger partial charge is 0.485 e. The molecule has 3 fully saturated rings. The maximum atomic E-state index is 12.8. The Balaban J connectivity index is 1.35. The van der Waals surface area contributed by atoms with Crippen molar-refractivity contribution in [3.8, 4) is 5.75 Å². The first-order valence-corrected chi connectivity index (χ1v) is 10.0. The van der Waals surface area contributed by atoms with Crippen LogP contribution >= 0.6 is 0 Å². The summed E-state index contributed by atoms with van der Waals surface area (Å²) in [7, 11) is 2.13. The van der Waals surface area contributed by atoms with Crippen LogP contribution in [0.25, 0.3) is 0 Å². The molecule has 4 heterocycles. The number of likely N-dealkylation sites (tertiary alicyclic amines) is 2. The Bertz CT molecular complexity index is 624. The van der Waals surface area contributed by atoms with Gasteiger partial charge in [0.05, 0.1) is 6.54 Å². The summed E-state index contributed by atoms with van der Waals surface area (Å²) in [6.45, 7) is 5.68. The van der Waals surface area contributed by atoms with Crippen LogP contribution in [0.1, 0.15) is 32.1 Å². The minimum absolute atomic E-state index is 0.0794. The molecular formula is C20H30N4O2. The maximum absolute atomic E-state index is 12.8. The molecule has 0 radical (unpaired) electrons. The SMILES string of the molecule is CN1CCC(C(=O)N2CC[C@@H](Oc3cccnc3N3CCCC3)C2)CC1. The molecule has 142 valence electrons. The molecule has 6 nitrogen and oxygen atoms in total. The van der Waals surface area contributed by atoms with E-state index in [2.05, 4.69) is 21.8 Å². The molecule has 0 saturated carbocycles. The van der Waals surface area contributed by atoms with Crippen LogP contribution < -0.4 is 9.64 Å². The maximum Gasteiger partial charge on any atom is 0.225 e. The summed E-state index contributed by atoms with van der Waals surface area (Å²) in [4.78, 5) is 24.0. The highest BCUT2D eigenvalue weighted by Gasteiger charge is 2.33. The Hall–Kier alpha value is -1.82. The van der Waals surface area contributed by atoms with Crippen LogP contribution in [0.4, 0.5) is 5.82 Å². The van der Waals surface area contributed by atoms with Crippen molar-refractivity contribution in [2.75, 3.05) is 51.2 Å². The Labute approximate surface area is 156 Å². The monoisotopic (exact) mass is 358 g/mol. The lowest BCUT2D eigenvalue weighted by atomic mass is 9.96. The summed E-state index contributed by atoms with van der Waals surface area (Å²) < 4.78 is 6.30. The molecule has 3 aliphatic rings. The van der Waals surface area contributed by atoms with E-state index in [-0.39, 0.29) is 12.0 Å². The van der Waals surface area contributed by atoms with Gasteiger partial charge in [-0.1, -0.05) is 0 Å². The fourth-order valence-corrected chi connectivity index (χ4v) is 4.36. The summed E-state index contributed by atoms with van der Waals surface area (Å²) in [5, 5.41) is 0. The van der Waals surface area contributed by atoms with Gasteiger partial charge in [0, 0.05) is 38.2 Å². The van der Waals surface area contributed by atoms with Gasteiger partial charge in [-0.25, -0.2) is 4.98 Å². The molecular weight excluding hydrogens is 328 g/mol. The zero-order valence-electron chi connectivity index (χ0n) is 15.8. The number of piperidine rings is 1. The summed E-state index contributed by atoms with van der Waals surface area (Å²) in [6.07, 6.45) is 7.24. The second kappa shape index (κ2) is 7.82. The van der Waals surface area contributed by atoms with Crippen molar-refractivity contribution in [3.05, 3.63) is 18.3 Å². The normalized spacial score (nSPS) is 25.0. The van der Waals surface area contributed by atoms with Crippen molar-refractivity contribution in [2.45, 2.75) is 38.2 Å².